The molecule has 0 atom stereocenters. The van der Waals surface area contributed by atoms with E-state index in [0.29, 0.717) is 12.2 Å². The van der Waals surface area contributed by atoms with E-state index in [9.17, 15) is 9.59 Å². The fourth-order valence-corrected chi connectivity index (χ4v) is 3.07. The number of aryl methyl sites for hydroxylation is 1. The first-order valence-corrected chi connectivity index (χ1v) is 9.94. The third kappa shape index (κ3) is 5.25. The van der Waals surface area contributed by atoms with E-state index in [0.717, 1.165) is 22.5 Å². The van der Waals surface area contributed by atoms with Crippen LogP contribution in [-0.2, 0) is 6.54 Å². The molecule has 1 heterocycles. The van der Waals surface area contributed by atoms with Crippen LogP contribution in [0.1, 0.15) is 21.6 Å². The van der Waals surface area contributed by atoms with Gasteiger partial charge in [-0.1, -0.05) is 48.0 Å². The number of para-hydroxylation sites is 1. The van der Waals surface area contributed by atoms with E-state index in [2.05, 4.69) is 15.7 Å². The third-order valence-electron chi connectivity index (χ3n) is 4.76. The van der Waals surface area contributed by atoms with Crippen LogP contribution >= 0.6 is 0 Å². The van der Waals surface area contributed by atoms with Crippen LogP contribution < -0.4 is 16.2 Å². The van der Waals surface area contributed by atoms with Crippen LogP contribution in [0.3, 0.4) is 0 Å². The minimum absolute atomic E-state index is 0.179. The third-order valence-corrected chi connectivity index (χ3v) is 4.76. The first kappa shape index (κ1) is 20.1. The molecule has 2 N–H and O–H groups in total. The molecule has 4 rings (SSSR count). The van der Waals surface area contributed by atoms with Gasteiger partial charge in [-0.3, -0.25) is 9.59 Å². The molecule has 0 aliphatic heterocycles. The molecule has 1 amide bonds. The van der Waals surface area contributed by atoms with E-state index >= 15 is 0 Å². The number of benzene rings is 3. The Hall–Kier alpha value is -4.19. The van der Waals surface area contributed by atoms with Crippen LogP contribution in [0.2, 0.25) is 0 Å². The number of nitrogens with zero attached hydrogens (tertiary/aromatic N) is 2. The lowest BCUT2D eigenvalue weighted by Gasteiger charge is -2.10. The number of nitrogens with one attached hydrogen (secondary N) is 2. The van der Waals surface area contributed by atoms with Gasteiger partial charge in [0.15, 0.2) is 0 Å². The van der Waals surface area contributed by atoms with Crippen LogP contribution in [0.4, 0.5) is 17.1 Å². The molecule has 1 aromatic heterocycles. The summed E-state index contributed by atoms with van der Waals surface area (Å²) < 4.78 is 1.30. The lowest BCUT2D eigenvalue weighted by molar-refractivity contribution is 0.102. The largest absolute Gasteiger partial charge is 0.356 e. The number of amides is 1. The van der Waals surface area contributed by atoms with E-state index in [-0.39, 0.29) is 17.2 Å². The van der Waals surface area contributed by atoms with Gasteiger partial charge in [0.1, 0.15) is 5.69 Å². The summed E-state index contributed by atoms with van der Waals surface area (Å²) in [7, 11) is 0. The second kappa shape index (κ2) is 9.09. The van der Waals surface area contributed by atoms with Crippen LogP contribution in [-0.4, -0.2) is 15.7 Å². The molecule has 0 bridgehead atoms. The Balaban J connectivity index is 1.44. The summed E-state index contributed by atoms with van der Waals surface area (Å²) in [5.41, 5.74) is 4.54. The van der Waals surface area contributed by atoms with Crippen molar-refractivity contribution in [3.63, 3.8) is 0 Å². The van der Waals surface area contributed by atoms with Crippen LogP contribution in [0.5, 0.6) is 0 Å². The normalized spacial score (nSPS) is 10.5. The van der Waals surface area contributed by atoms with E-state index < -0.39 is 0 Å². The van der Waals surface area contributed by atoms with E-state index in [1.807, 2.05) is 85.8 Å². The maximum atomic E-state index is 12.6. The Morgan fingerprint density at radius 3 is 2.16 bits per heavy atom. The molecule has 6 heteroatoms. The van der Waals surface area contributed by atoms with Crippen molar-refractivity contribution in [3.8, 4) is 0 Å². The van der Waals surface area contributed by atoms with E-state index in [4.69, 9.17) is 0 Å². The van der Waals surface area contributed by atoms with Crippen molar-refractivity contribution in [2.45, 2.75) is 13.5 Å². The fraction of sp³-hybridized carbons (Fsp3) is 0.0800. The SMILES string of the molecule is Cc1ccc(Cn2nc(C(=O)Nc3ccc(Nc4ccccc4)cc3)ccc2=O)cc1. The second-order valence-corrected chi connectivity index (χ2v) is 7.22. The summed E-state index contributed by atoms with van der Waals surface area (Å²) in [6.07, 6.45) is 0. The number of carbonyl (C=O) groups is 1. The van der Waals surface area contributed by atoms with Gasteiger partial charge in [0.05, 0.1) is 6.54 Å². The van der Waals surface area contributed by atoms with Crippen molar-refractivity contribution in [1.29, 1.82) is 0 Å². The summed E-state index contributed by atoms with van der Waals surface area (Å²) >= 11 is 0. The number of anilines is 3. The molecule has 154 valence electrons. The topological polar surface area (TPSA) is 76.0 Å². The lowest BCUT2D eigenvalue weighted by atomic mass is 10.1. The van der Waals surface area contributed by atoms with Crippen LogP contribution in [0, 0.1) is 6.92 Å². The van der Waals surface area contributed by atoms with Gasteiger partial charge in [0.25, 0.3) is 11.5 Å². The molecule has 31 heavy (non-hydrogen) atoms. The Morgan fingerprint density at radius 2 is 1.45 bits per heavy atom. The van der Waals surface area contributed by atoms with Gasteiger partial charge >= 0.3 is 0 Å². The Kier molecular flexibility index (Phi) is 5.89. The lowest BCUT2D eigenvalue weighted by Crippen LogP contribution is -2.26. The Morgan fingerprint density at radius 1 is 0.806 bits per heavy atom. The molecule has 3 aromatic carbocycles. The molecule has 0 fully saturated rings. The van der Waals surface area contributed by atoms with Crippen LogP contribution in [0.15, 0.2) is 95.8 Å². The average molecular weight is 410 g/mol. The summed E-state index contributed by atoms with van der Waals surface area (Å²) in [5.74, 6) is -0.374. The smallest absolute Gasteiger partial charge is 0.276 e. The highest BCUT2D eigenvalue weighted by molar-refractivity contribution is 6.02. The van der Waals surface area contributed by atoms with Gasteiger partial charge in [-0.25, -0.2) is 4.68 Å². The van der Waals surface area contributed by atoms with Crippen molar-refractivity contribution >= 4 is 23.0 Å². The maximum absolute atomic E-state index is 12.6. The molecule has 6 nitrogen and oxygen atoms in total. The number of hydrogen-bond donors (Lipinski definition) is 2. The van der Waals surface area contributed by atoms with Crippen LogP contribution in [0.25, 0.3) is 0 Å². The van der Waals surface area contributed by atoms with E-state index in [1.54, 1.807) is 0 Å². The predicted octanol–water partition coefficient (Wildman–Crippen LogP) is 4.60. The number of hydrogen-bond acceptors (Lipinski definition) is 4. The average Bonchev–Trinajstić information content (AvgIpc) is 2.79. The van der Waals surface area contributed by atoms with Crippen molar-refractivity contribution < 1.29 is 4.79 Å². The molecule has 0 unspecified atom stereocenters. The highest BCUT2D eigenvalue weighted by Crippen LogP contribution is 2.19. The standard InChI is InChI=1S/C25H22N4O2/c1-18-7-9-19(10-8-18)17-29-24(30)16-15-23(28-29)25(31)27-22-13-11-21(12-14-22)26-20-5-3-2-4-6-20/h2-16,26H,17H2,1H3,(H,27,31). The highest BCUT2D eigenvalue weighted by atomic mass is 16.2. The molecule has 0 saturated heterocycles. The summed E-state index contributed by atoms with van der Waals surface area (Å²) in [6.45, 7) is 2.31. The number of carbonyl (C=O) groups excluding carboxylic acids is 1. The van der Waals surface area contributed by atoms with Crippen molar-refractivity contribution in [1.82, 2.24) is 9.78 Å². The first-order chi connectivity index (χ1) is 15.1. The molecular weight excluding hydrogens is 388 g/mol. The molecule has 4 aromatic rings. The van der Waals surface area contributed by atoms with E-state index in [1.165, 1.54) is 16.8 Å². The minimum Gasteiger partial charge on any atom is -0.356 e. The number of aromatic nitrogens is 2. The molecule has 0 saturated carbocycles. The zero-order valence-electron chi connectivity index (χ0n) is 17.1. The highest BCUT2D eigenvalue weighted by Gasteiger charge is 2.11. The van der Waals surface area contributed by atoms with Crippen molar-refractivity contribution in [2.75, 3.05) is 10.6 Å². The molecule has 0 radical (unpaired) electrons. The van der Waals surface area contributed by atoms with Gasteiger partial charge in [0.2, 0.25) is 0 Å². The Bertz CT molecular complexity index is 1230. The van der Waals surface area contributed by atoms with Gasteiger partial charge in [-0.05, 0) is 55.0 Å². The van der Waals surface area contributed by atoms with Gasteiger partial charge in [-0.15, -0.1) is 0 Å². The van der Waals surface area contributed by atoms with Gasteiger partial charge < -0.3 is 10.6 Å². The maximum Gasteiger partial charge on any atom is 0.276 e. The molecular formula is C25H22N4O2. The summed E-state index contributed by atoms with van der Waals surface area (Å²) in [5, 5.41) is 10.4. The van der Waals surface area contributed by atoms with Crippen molar-refractivity contribution in [2.24, 2.45) is 0 Å². The Labute approximate surface area is 180 Å². The molecule has 0 aliphatic rings. The van der Waals surface area contributed by atoms with Gasteiger partial charge in [0, 0.05) is 23.1 Å². The summed E-state index contributed by atoms with van der Waals surface area (Å²) in [4.78, 5) is 24.8. The summed E-state index contributed by atoms with van der Waals surface area (Å²) in [6, 6.07) is 27.9. The second-order valence-electron chi connectivity index (χ2n) is 7.22. The fourth-order valence-electron chi connectivity index (χ4n) is 3.07. The quantitative estimate of drug-likeness (QED) is 0.487. The molecule has 0 aliphatic carbocycles. The minimum atomic E-state index is -0.374. The zero-order chi connectivity index (χ0) is 21.6. The van der Waals surface area contributed by atoms with Crippen molar-refractivity contribution in [3.05, 3.63) is 118 Å². The molecule has 0 spiro atoms. The predicted molar refractivity (Wildman–Crippen MR) is 123 cm³/mol. The monoisotopic (exact) mass is 410 g/mol. The first-order valence-electron chi connectivity index (χ1n) is 9.94. The zero-order valence-corrected chi connectivity index (χ0v) is 17.1. The van der Waals surface area contributed by atoms with Gasteiger partial charge in [-0.2, -0.15) is 5.10 Å². The number of rotatable bonds is 6.